The van der Waals surface area contributed by atoms with E-state index in [2.05, 4.69) is 25.9 Å². The Hall–Kier alpha value is -3.48. The van der Waals surface area contributed by atoms with E-state index in [0.29, 0.717) is 5.69 Å². The van der Waals surface area contributed by atoms with Gasteiger partial charge in [0.15, 0.2) is 0 Å². The normalized spacial score (nSPS) is 14.7. The van der Waals surface area contributed by atoms with Crippen LogP contribution in [0.3, 0.4) is 0 Å². The van der Waals surface area contributed by atoms with Crippen molar-refractivity contribution in [2.45, 2.75) is 64.2 Å². The number of nitrogens with one attached hydrogen (secondary N) is 4. The van der Waals surface area contributed by atoms with Crippen molar-refractivity contribution < 1.29 is 29.1 Å². The number of H-pyrrole nitrogens is 1. The van der Waals surface area contributed by atoms with Gasteiger partial charge in [0.25, 0.3) is 0 Å². The van der Waals surface area contributed by atoms with Crippen molar-refractivity contribution in [3.05, 3.63) is 18.2 Å². The molecule has 13 nitrogen and oxygen atoms in total. The SMILES string of the molecule is CC(C)CC(NC(=O)C(C)N)C(=O)NC(CC(N)=O)C(=O)NC(Cc1cnc[nH]1)C(=O)O. The van der Waals surface area contributed by atoms with Crippen molar-refractivity contribution in [2.24, 2.45) is 17.4 Å². The fourth-order valence-corrected chi connectivity index (χ4v) is 2.78. The van der Waals surface area contributed by atoms with Crippen LogP contribution in [0.4, 0.5) is 0 Å². The number of aromatic amines is 1. The van der Waals surface area contributed by atoms with E-state index in [0.717, 1.165) is 0 Å². The number of hydrogen-bond donors (Lipinski definition) is 7. The summed E-state index contributed by atoms with van der Waals surface area (Å²) in [6.45, 7) is 5.12. The molecule has 0 spiro atoms. The topological polar surface area (TPSA) is 222 Å². The lowest BCUT2D eigenvalue weighted by Gasteiger charge is -2.25. The van der Waals surface area contributed by atoms with Crippen molar-refractivity contribution >= 4 is 29.6 Å². The predicted molar refractivity (Wildman–Crippen MR) is 113 cm³/mol. The lowest BCUT2D eigenvalue weighted by atomic mass is 10.0. The van der Waals surface area contributed by atoms with Crippen molar-refractivity contribution in [2.75, 3.05) is 0 Å². The number of hydrogen-bond acceptors (Lipinski definition) is 7. The first-order chi connectivity index (χ1) is 14.9. The highest BCUT2D eigenvalue weighted by molar-refractivity contribution is 5.96. The molecule has 0 bridgehead atoms. The molecule has 4 atom stereocenters. The zero-order valence-corrected chi connectivity index (χ0v) is 18.3. The Bertz CT molecular complexity index is 809. The van der Waals surface area contributed by atoms with E-state index in [-0.39, 0.29) is 18.8 Å². The quantitative estimate of drug-likeness (QED) is 0.172. The number of aromatic nitrogens is 2. The van der Waals surface area contributed by atoms with Crippen LogP contribution in [0.2, 0.25) is 0 Å². The molecule has 1 aromatic rings. The standard InChI is InChI=1S/C19H31N7O6/c1-9(2)4-12(24-16(28)10(3)20)17(29)25-13(6-15(21)27)18(30)26-14(19(31)32)5-11-7-22-8-23-11/h7-10,12-14H,4-6,20H2,1-3H3,(H2,21,27)(H,22,23)(H,24,28)(H,25,29)(H,26,30)(H,31,32). The molecule has 9 N–H and O–H groups in total. The first-order valence-electron chi connectivity index (χ1n) is 10.1. The molecule has 1 heterocycles. The molecular weight excluding hydrogens is 422 g/mol. The smallest absolute Gasteiger partial charge is 0.326 e. The molecule has 0 aromatic carbocycles. The van der Waals surface area contributed by atoms with Crippen molar-refractivity contribution in [3.63, 3.8) is 0 Å². The molecule has 1 rings (SSSR count). The summed E-state index contributed by atoms with van der Waals surface area (Å²) in [4.78, 5) is 67.0. The second-order valence-corrected chi connectivity index (χ2v) is 7.89. The van der Waals surface area contributed by atoms with Gasteiger partial charge in [-0.2, -0.15) is 0 Å². The van der Waals surface area contributed by atoms with E-state index in [1.165, 1.54) is 19.4 Å². The van der Waals surface area contributed by atoms with Gasteiger partial charge in [0.2, 0.25) is 23.6 Å². The minimum Gasteiger partial charge on any atom is -0.480 e. The third kappa shape index (κ3) is 9.12. The van der Waals surface area contributed by atoms with Crippen LogP contribution in [0, 0.1) is 5.92 Å². The average Bonchev–Trinajstić information content (AvgIpc) is 3.18. The van der Waals surface area contributed by atoms with E-state index in [1.54, 1.807) is 0 Å². The third-order valence-electron chi connectivity index (χ3n) is 4.39. The number of rotatable bonds is 13. The largest absolute Gasteiger partial charge is 0.480 e. The molecule has 0 saturated heterocycles. The van der Waals surface area contributed by atoms with E-state index >= 15 is 0 Å². The van der Waals surface area contributed by atoms with Gasteiger partial charge in [-0.15, -0.1) is 0 Å². The van der Waals surface area contributed by atoms with Gasteiger partial charge in [0.1, 0.15) is 18.1 Å². The molecular formula is C19H31N7O6. The van der Waals surface area contributed by atoms with Crippen LogP contribution in [-0.2, 0) is 30.4 Å². The van der Waals surface area contributed by atoms with Gasteiger partial charge in [-0.05, 0) is 19.3 Å². The number of aliphatic carboxylic acids is 1. The van der Waals surface area contributed by atoms with Gasteiger partial charge in [0.05, 0.1) is 18.8 Å². The van der Waals surface area contributed by atoms with Gasteiger partial charge >= 0.3 is 5.97 Å². The molecule has 32 heavy (non-hydrogen) atoms. The Labute approximate surface area is 185 Å². The van der Waals surface area contributed by atoms with Crippen molar-refractivity contribution in [1.82, 2.24) is 25.9 Å². The number of carboxylic acids is 1. The van der Waals surface area contributed by atoms with Gasteiger partial charge < -0.3 is 37.5 Å². The van der Waals surface area contributed by atoms with Crippen LogP contribution in [0.1, 0.15) is 39.3 Å². The Morgan fingerprint density at radius 2 is 1.56 bits per heavy atom. The summed E-state index contributed by atoms with van der Waals surface area (Å²) in [7, 11) is 0. The van der Waals surface area contributed by atoms with Gasteiger partial charge in [0, 0.05) is 18.3 Å². The monoisotopic (exact) mass is 453 g/mol. The second-order valence-electron chi connectivity index (χ2n) is 7.89. The summed E-state index contributed by atoms with van der Waals surface area (Å²) < 4.78 is 0. The zero-order chi connectivity index (χ0) is 24.4. The molecule has 0 aliphatic rings. The van der Waals surface area contributed by atoms with Crippen molar-refractivity contribution in [1.29, 1.82) is 0 Å². The van der Waals surface area contributed by atoms with Crippen LogP contribution in [0.25, 0.3) is 0 Å². The van der Waals surface area contributed by atoms with E-state index in [9.17, 15) is 29.1 Å². The fraction of sp³-hybridized carbons (Fsp3) is 0.579. The molecule has 4 amide bonds. The fourth-order valence-electron chi connectivity index (χ4n) is 2.78. The first kappa shape index (κ1) is 26.6. The minimum absolute atomic E-state index is 0.00773. The highest BCUT2D eigenvalue weighted by Crippen LogP contribution is 2.07. The molecule has 1 aromatic heterocycles. The Morgan fingerprint density at radius 3 is 2.03 bits per heavy atom. The Balaban J connectivity index is 2.97. The van der Waals surface area contributed by atoms with Crippen molar-refractivity contribution in [3.8, 4) is 0 Å². The third-order valence-corrected chi connectivity index (χ3v) is 4.39. The molecule has 0 fully saturated rings. The lowest BCUT2D eigenvalue weighted by molar-refractivity contribution is -0.142. The summed E-state index contributed by atoms with van der Waals surface area (Å²) in [5.74, 6) is -4.40. The molecule has 0 aliphatic heterocycles. The van der Waals surface area contributed by atoms with E-state index in [1.807, 2.05) is 13.8 Å². The number of carboxylic acid groups (broad SMARTS) is 1. The Morgan fingerprint density at radius 1 is 1.00 bits per heavy atom. The summed E-state index contributed by atoms with van der Waals surface area (Å²) in [6, 6.07) is -4.66. The summed E-state index contributed by atoms with van der Waals surface area (Å²) >= 11 is 0. The lowest BCUT2D eigenvalue weighted by Crippen LogP contribution is -2.58. The number of carbonyl (C=O) groups is 5. The van der Waals surface area contributed by atoms with E-state index in [4.69, 9.17) is 11.5 Å². The number of nitrogens with zero attached hydrogens (tertiary/aromatic N) is 1. The second kappa shape index (κ2) is 12.4. The number of amides is 4. The Kier molecular flexibility index (Phi) is 10.3. The van der Waals surface area contributed by atoms with Gasteiger partial charge in [-0.3, -0.25) is 19.2 Å². The minimum atomic E-state index is -1.44. The number of imidazole rings is 1. The highest BCUT2D eigenvalue weighted by atomic mass is 16.4. The summed E-state index contributed by atoms with van der Waals surface area (Å²) in [6.07, 6.45) is 2.34. The first-order valence-corrected chi connectivity index (χ1v) is 10.1. The number of primary amides is 1. The summed E-state index contributed by atoms with van der Waals surface area (Å²) in [5, 5.41) is 16.6. The maximum Gasteiger partial charge on any atom is 0.326 e. The van der Waals surface area contributed by atoms with Crippen LogP contribution < -0.4 is 27.4 Å². The maximum atomic E-state index is 12.8. The average molecular weight is 454 g/mol. The molecule has 0 aliphatic carbocycles. The number of nitrogens with two attached hydrogens (primary N) is 2. The molecule has 4 unspecified atom stereocenters. The van der Waals surface area contributed by atoms with Crippen LogP contribution in [0.5, 0.6) is 0 Å². The maximum absolute atomic E-state index is 12.8. The number of carbonyl (C=O) groups excluding carboxylic acids is 4. The molecule has 13 heteroatoms. The molecule has 0 saturated carbocycles. The van der Waals surface area contributed by atoms with Crippen LogP contribution >= 0.6 is 0 Å². The van der Waals surface area contributed by atoms with Crippen LogP contribution in [-0.4, -0.2) is 68.8 Å². The highest BCUT2D eigenvalue weighted by Gasteiger charge is 2.31. The van der Waals surface area contributed by atoms with E-state index < -0.39 is 60.2 Å². The molecule has 0 radical (unpaired) electrons. The van der Waals surface area contributed by atoms with Gasteiger partial charge in [-0.25, -0.2) is 9.78 Å². The zero-order valence-electron chi connectivity index (χ0n) is 18.3. The molecule has 178 valence electrons. The summed E-state index contributed by atoms with van der Waals surface area (Å²) in [5.41, 5.74) is 11.2. The van der Waals surface area contributed by atoms with Gasteiger partial charge in [-0.1, -0.05) is 13.8 Å². The van der Waals surface area contributed by atoms with Crippen LogP contribution in [0.15, 0.2) is 12.5 Å². The predicted octanol–water partition coefficient (Wildman–Crippen LogP) is -2.24.